The van der Waals surface area contributed by atoms with E-state index in [-0.39, 0.29) is 17.5 Å². The molecule has 9 heteroatoms. The van der Waals surface area contributed by atoms with Gasteiger partial charge in [-0.15, -0.1) is 5.10 Å². The molecule has 3 rings (SSSR count). The van der Waals surface area contributed by atoms with Gasteiger partial charge in [0.2, 0.25) is 11.1 Å². The zero-order valence-electron chi connectivity index (χ0n) is 12.9. The SMILES string of the molecule is O=C(CSc1nnnn1-c1cccc(F)c1)NCc1ccccc1Cl. The number of rotatable bonds is 6. The molecule has 1 amide bonds. The van der Waals surface area contributed by atoms with Crippen molar-refractivity contribution in [3.63, 3.8) is 0 Å². The van der Waals surface area contributed by atoms with Gasteiger partial charge in [0.25, 0.3) is 0 Å². The standard InChI is InChI=1S/C16H13ClFN5OS/c17-14-7-2-1-4-11(14)9-19-15(24)10-25-16-20-21-22-23(16)13-6-3-5-12(18)8-13/h1-8H,9-10H2,(H,19,24). The molecule has 0 saturated carbocycles. The monoisotopic (exact) mass is 377 g/mol. The molecule has 0 fully saturated rings. The van der Waals surface area contributed by atoms with Crippen LogP contribution in [0.2, 0.25) is 5.02 Å². The van der Waals surface area contributed by atoms with Crippen LogP contribution in [0.5, 0.6) is 0 Å². The summed E-state index contributed by atoms with van der Waals surface area (Å²) in [5.74, 6) is -0.444. The number of nitrogens with zero attached hydrogens (tertiary/aromatic N) is 4. The summed E-state index contributed by atoms with van der Waals surface area (Å²) < 4.78 is 14.7. The molecule has 2 aromatic carbocycles. The van der Waals surface area contributed by atoms with Crippen molar-refractivity contribution in [1.29, 1.82) is 0 Å². The van der Waals surface area contributed by atoms with Crippen LogP contribution in [0.1, 0.15) is 5.56 Å². The molecule has 3 aromatic rings. The quantitative estimate of drug-likeness (QED) is 0.669. The first kappa shape index (κ1) is 17.4. The smallest absolute Gasteiger partial charge is 0.230 e. The molecule has 1 heterocycles. The highest BCUT2D eigenvalue weighted by atomic mass is 35.5. The van der Waals surface area contributed by atoms with Gasteiger partial charge in [0.15, 0.2) is 0 Å². The van der Waals surface area contributed by atoms with Crippen LogP contribution in [-0.2, 0) is 11.3 Å². The van der Waals surface area contributed by atoms with Crippen molar-refractivity contribution in [3.8, 4) is 5.69 Å². The number of hydrogen-bond acceptors (Lipinski definition) is 5. The van der Waals surface area contributed by atoms with Gasteiger partial charge in [-0.1, -0.05) is 47.6 Å². The lowest BCUT2D eigenvalue weighted by Gasteiger charge is -2.07. The lowest BCUT2D eigenvalue weighted by molar-refractivity contribution is -0.118. The van der Waals surface area contributed by atoms with E-state index in [4.69, 9.17) is 11.6 Å². The predicted molar refractivity (Wildman–Crippen MR) is 93.1 cm³/mol. The first-order chi connectivity index (χ1) is 12.1. The van der Waals surface area contributed by atoms with Gasteiger partial charge in [-0.05, 0) is 40.3 Å². The third kappa shape index (κ3) is 4.55. The molecule has 0 atom stereocenters. The largest absolute Gasteiger partial charge is 0.351 e. The summed E-state index contributed by atoms with van der Waals surface area (Å²) in [5.41, 5.74) is 1.33. The highest BCUT2D eigenvalue weighted by molar-refractivity contribution is 7.99. The van der Waals surface area contributed by atoms with Gasteiger partial charge in [-0.3, -0.25) is 4.79 Å². The Morgan fingerprint density at radius 1 is 1.24 bits per heavy atom. The maximum Gasteiger partial charge on any atom is 0.230 e. The summed E-state index contributed by atoms with van der Waals surface area (Å²) in [6.45, 7) is 0.341. The maximum absolute atomic E-state index is 13.3. The summed E-state index contributed by atoms with van der Waals surface area (Å²) in [5, 5.41) is 15.1. The van der Waals surface area contributed by atoms with Crippen molar-refractivity contribution in [1.82, 2.24) is 25.5 Å². The van der Waals surface area contributed by atoms with Crippen molar-refractivity contribution in [2.75, 3.05) is 5.75 Å². The van der Waals surface area contributed by atoms with Crippen molar-refractivity contribution in [2.24, 2.45) is 0 Å². The van der Waals surface area contributed by atoms with Crippen LogP contribution in [0, 0.1) is 5.82 Å². The van der Waals surface area contributed by atoms with E-state index in [0.29, 0.717) is 22.4 Å². The van der Waals surface area contributed by atoms with Crippen LogP contribution in [-0.4, -0.2) is 31.9 Å². The number of hydrogen-bond donors (Lipinski definition) is 1. The fourth-order valence-corrected chi connectivity index (χ4v) is 2.98. The highest BCUT2D eigenvalue weighted by Crippen LogP contribution is 2.19. The number of tetrazole rings is 1. The van der Waals surface area contributed by atoms with Gasteiger partial charge >= 0.3 is 0 Å². The Labute approximate surface area is 152 Å². The third-order valence-corrected chi connectivity index (χ3v) is 4.55. The van der Waals surface area contributed by atoms with Gasteiger partial charge in [0, 0.05) is 11.6 Å². The van der Waals surface area contributed by atoms with Crippen molar-refractivity contribution in [3.05, 3.63) is 64.9 Å². The molecule has 0 unspecified atom stereocenters. The van der Waals surface area contributed by atoms with Crippen LogP contribution in [0.25, 0.3) is 5.69 Å². The number of carbonyl (C=O) groups excluding carboxylic acids is 1. The molecule has 0 aliphatic rings. The Hall–Kier alpha value is -2.45. The topological polar surface area (TPSA) is 72.7 Å². The second-order valence-electron chi connectivity index (χ2n) is 5.01. The molecule has 0 aliphatic carbocycles. The summed E-state index contributed by atoms with van der Waals surface area (Å²) >= 11 is 7.21. The molecule has 1 N–H and O–H groups in total. The Bertz CT molecular complexity index is 888. The predicted octanol–water partition coefficient (Wildman–Crippen LogP) is 2.86. The molecular weight excluding hydrogens is 365 g/mol. The van der Waals surface area contributed by atoms with Crippen molar-refractivity contribution < 1.29 is 9.18 Å². The molecule has 0 radical (unpaired) electrons. The number of nitrogens with one attached hydrogen (secondary N) is 1. The van der Waals surface area contributed by atoms with E-state index in [9.17, 15) is 9.18 Å². The molecule has 1 aromatic heterocycles. The minimum atomic E-state index is -0.388. The summed E-state index contributed by atoms with van der Waals surface area (Å²) in [4.78, 5) is 12.0. The van der Waals surface area contributed by atoms with Crippen molar-refractivity contribution in [2.45, 2.75) is 11.7 Å². The molecule has 0 saturated heterocycles. The molecule has 0 aliphatic heterocycles. The van der Waals surface area contributed by atoms with Crippen LogP contribution in [0.3, 0.4) is 0 Å². The minimum absolute atomic E-state index is 0.125. The molecule has 0 spiro atoms. The zero-order chi connectivity index (χ0) is 17.6. The lowest BCUT2D eigenvalue weighted by Crippen LogP contribution is -2.24. The number of benzene rings is 2. The first-order valence-corrected chi connectivity index (χ1v) is 8.67. The van der Waals surface area contributed by atoms with E-state index in [1.54, 1.807) is 18.2 Å². The summed E-state index contributed by atoms with van der Waals surface area (Å²) in [7, 11) is 0. The summed E-state index contributed by atoms with van der Waals surface area (Å²) in [6, 6.07) is 13.2. The Balaban J connectivity index is 1.58. The third-order valence-electron chi connectivity index (χ3n) is 3.26. The van der Waals surface area contributed by atoms with E-state index in [1.165, 1.54) is 16.8 Å². The maximum atomic E-state index is 13.3. The van der Waals surface area contributed by atoms with Crippen LogP contribution in [0.4, 0.5) is 4.39 Å². The molecule has 128 valence electrons. The first-order valence-electron chi connectivity index (χ1n) is 7.31. The van der Waals surface area contributed by atoms with Crippen LogP contribution in [0.15, 0.2) is 53.7 Å². The normalized spacial score (nSPS) is 10.6. The molecule has 0 bridgehead atoms. The molecule has 6 nitrogen and oxygen atoms in total. The van der Waals surface area contributed by atoms with Crippen LogP contribution >= 0.6 is 23.4 Å². The highest BCUT2D eigenvalue weighted by Gasteiger charge is 2.12. The van der Waals surface area contributed by atoms with E-state index in [0.717, 1.165) is 17.3 Å². The van der Waals surface area contributed by atoms with Crippen molar-refractivity contribution >= 4 is 29.3 Å². The summed E-state index contributed by atoms with van der Waals surface area (Å²) in [6.07, 6.45) is 0. The Morgan fingerprint density at radius 3 is 2.88 bits per heavy atom. The number of thioether (sulfide) groups is 1. The Morgan fingerprint density at radius 2 is 2.08 bits per heavy atom. The minimum Gasteiger partial charge on any atom is -0.351 e. The fourth-order valence-electron chi connectivity index (χ4n) is 2.06. The van der Waals surface area contributed by atoms with Gasteiger partial charge in [-0.2, -0.15) is 4.68 Å². The average Bonchev–Trinajstić information content (AvgIpc) is 3.08. The fraction of sp³-hybridized carbons (Fsp3) is 0.125. The molecule has 25 heavy (non-hydrogen) atoms. The second-order valence-corrected chi connectivity index (χ2v) is 6.36. The van der Waals surface area contributed by atoms with Crippen LogP contribution < -0.4 is 5.32 Å². The van der Waals surface area contributed by atoms with Gasteiger partial charge in [0.1, 0.15) is 5.82 Å². The van der Waals surface area contributed by atoms with Gasteiger partial charge in [0.05, 0.1) is 11.4 Å². The van der Waals surface area contributed by atoms with E-state index >= 15 is 0 Å². The zero-order valence-corrected chi connectivity index (χ0v) is 14.5. The number of carbonyl (C=O) groups is 1. The Kier molecular flexibility index (Phi) is 5.62. The van der Waals surface area contributed by atoms with E-state index < -0.39 is 0 Å². The molecular formula is C16H13ClFN5OS. The number of amides is 1. The van der Waals surface area contributed by atoms with E-state index in [2.05, 4.69) is 20.8 Å². The average molecular weight is 378 g/mol. The lowest BCUT2D eigenvalue weighted by atomic mass is 10.2. The van der Waals surface area contributed by atoms with Gasteiger partial charge in [-0.25, -0.2) is 4.39 Å². The van der Waals surface area contributed by atoms with E-state index in [1.807, 2.05) is 18.2 Å². The number of halogens is 2. The van der Waals surface area contributed by atoms with Gasteiger partial charge < -0.3 is 5.32 Å². The second kappa shape index (κ2) is 8.09. The number of aromatic nitrogens is 4.